The van der Waals surface area contributed by atoms with Crippen molar-refractivity contribution in [3.8, 4) is 0 Å². The molecule has 0 aliphatic rings. The third kappa shape index (κ3) is 4.22. The fraction of sp³-hybridized carbons (Fsp3) is 0.750. The van der Waals surface area contributed by atoms with Gasteiger partial charge < -0.3 is 4.90 Å². The smallest absolute Gasteiger partial charge is 0.0246 e. The Kier molecular flexibility index (Phi) is 3.55. The van der Waals surface area contributed by atoms with E-state index in [1.54, 1.807) is 0 Å². The van der Waals surface area contributed by atoms with Gasteiger partial charge in [0.05, 0.1) is 0 Å². The van der Waals surface area contributed by atoms with Crippen molar-refractivity contribution < 1.29 is 0 Å². The standard InChI is InChI=1S/C8H17N/c1-7(2)6-8(3)9(4)5/h6,8H,1-5H3. The van der Waals surface area contributed by atoms with E-state index in [-0.39, 0.29) is 0 Å². The van der Waals surface area contributed by atoms with Crippen molar-refractivity contribution in [3.05, 3.63) is 11.6 Å². The van der Waals surface area contributed by atoms with Crippen molar-refractivity contribution in [2.75, 3.05) is 14.1 Å². The van der Waals surface area contributed by atoms with Crippen LogP contribution < -0.4 is 0 Å². The molecule has 0 aromatic heterocycles. The van der Waals surface area contributed by atoms with Crippen molar-refractivity contribution in [2.45, 2.75) is 26.8 Å². The van der Waals surface area contributed by atoms with Gasteiger partial charge in [0, 0.05) is 6.04 Å². The maximum absolute atomic E-state index is 2.25. The van der Waals surface area contributed by atoms with Crippen LogP contribution in [0.2, 0.25) is 0 Å². The van der Waals surface area contributed by atoms with Crippen LogP contribution in [0.4, 0.5) is 0 Å². The van der Waals surface area contributed by atoms with E-state index < -0.39 is 0 Å². The van der Waals surface area contributed by atoms with E-state index in [2.05, 4.69) is 45.8 Å². The predicted octanol–water partition coefficient (Wildman–Crippen LogP) is 1.90. The van der Waals surface area contributed by atoms with E-state index in [1.807, 2.05) is 0 Å². The Balaban J connectivity index is 3.76. The van der Waals surface area contributed by atoms with Gasteiger partial charge in [0.1, 0.15) is 0 Å². The molecule has 1 atom stereocenters. The van der Waals surface area contributed by atoms with Gasteiger partial charge in [-0.25, -0.2) is 0 Å². The molecule has 0 aromatic rings. The molecule has 0 saturated heterocycles. The molecule has 0 spiro atoms. The summed E-state index contributed by atoms with van der Waals surface area (Å²) in [4.78, 5) is 2.19. The molecule has 0 rings (SSSR count). The van der Waals surface area contributed by atoms with Crippen LogP contribution in [-0.4, -0.2) is 25.0 Å². The third-order valence-corrected chi connectivity index (χ3v) is 1.39. The second kappa shape index (κ2) is 3.67. The topological polar surface area (TPSA) is 3.24 Å². The number of rotatable bonds is 2. The van der Waals surface area contributed by atoms with Crippen LogP contribution in [0.25, 0.3) is 0 Å². The molecule has 0 saturated carbocycles. The third-order valence-electron chi connectivity index (χ3n) is 1.39. The van der Waals surface area contributed by atoms with Crippen LogP contribution in [0.15, 0.2) is 11.6 Å². The monoisotopic (exact) mass is 127 g/mol. The summed E-state index contributed by atoms with van der Waals surface area (Å²) in [6.07, 6.45) is 2.25. The van der Waals surface area contributed by atoms with Gasteiger partial charge in [-0.3, -0.25) is 0 Å². The van der Waals surface area contributed by atoms with Gasteiger partial charge >= 0.3 is 0 Å². The van der Waals surface area contributed by atoms with Gasteiger partial charge in [0.2, 0.25) is 0 Å². The van der Waals surface area contributed by atoms with Gasteiger partial charge in [0.15, 0.2) is 0 Å². The largest absolute Gasteiger partial charge is 0.303 e. The lowest BCUT2D eigenvalue weighted by molar-refractivity contribution is 0.363. The zero-order valence-electron chi connectivity index (χ0n) is 7.10. The van der Waals surface area contributed by atoms with E-state index in [4.69, 9.17) is 0 Å². The van der Waals surface area contributed by atoms with Gasteiger partial charge in [-0.2, -0.15) is 0 Å². The number of hydrogen-bond acceptors (Lipinski definition) is 1. The first-order valence-corrected chi connectivity index (χ1v) is 3.35. The minimum Gasteiger partial charge on any atom is -0.303 e. The highest BCUT2D eigenvalue weighted by Gasteiger charge is 1.97. The molecule has 0 N–H and O–H groups in total. The summed E-state index contributed by atoms with van der Waals surface area (Å²) < 4.78 is 0. The van der Waals surface area contributed by atoms with Gasteiger partial charge in [0.25, 0.3) is 0 Å². The average molecular weight is 127 g/mol. The minimum atomic E-state index is 0.565. The number of likely N-dealkylation sites (N-methyl/N-ethyl adjacent to an activating group) is 1. The number of allylic oxidation sites excluding steroid dienone is 1. The highest BCUT2D eigenvalue weighted by atomic mass is 15.1. The molecule has 0 bridgehead atoms. The molecular formula is C8H17N. The molecule has 0 fully saturated rings. The zero-order chi connectivity index (χ0) is 7.44. The number of hydrogen-bond donors (Lipinski definition) is 0. The second-order valence-electron chi connectivity index (χ2n) is 2.95. The van der Waals surface area contributed by atoms with Crippen molar-refractivity contribution in [3.63, 3.8) is 0 Å². The van der Waals surface area contributed by atoms with Gasteiger partial charge in [-0.15, -0.1) is 0 Å². The van der Waals surface area contributed by atoms with Crippen LogP contribution in [0, 0.1) is 0 Å². The molecule has 9 heavy (non-hydrogen) atoms. The molecule has 1 heteroatoms. The molecule has 0 heterocycles. The summed E-state index contributed by atoms with van der Waals surface area (Å²) in [5, 5.41) is 0. The minimum absolute atomic E-state index is 0.565. The summed E-state index contributed by atoms with van der Waals surface area (Å²) in [6, 6.07) is 0.565. The molecular weight excluding hydrogens is 110 g/mol. The molecule has 0 aliphatic heterocycles. The Morgan fingerprint density at radius 3 is 1.89 bits per heavy atom. The Bertz CT molecular complexity index is 99.1. The molecule has 54 valence electrons. The summed E-state index contributed by atoms with van der Waals surface area (Å²) >= 11 is 0. The summed E-state index contributed by atoms with van der Waals surface area (Å²) in [7, 11) is 4.17. The first-order valence-electron chi connectivity index (χ1n) is 3.35. The normalized spacial score (nSPS) is 13.6. The fourth-order valence-corrected chi connectivity index (χ4v) is 0.631. The van der Waals surface area contributed by atoms with Crippen molar-refractivity contribution in [1.82, 2.24) is 4.90 Å². The lowest BCUT2D eigenvalue weighted by Gasteiger charge is -2.15. The summed E-state index contributed by atoms with van der Waals surface area (Å²) in [5.41, 5.74) is 1.39. The molecule has 0 amide bonds. The highest BCUT2D eigenvalue weighted by Crippen LogP contribution is 1.97. The Hall–Kier alpha value is -0.300. The quantitative estimate of drug-likeness (QED) is 0.512. The Labute approximate surface area is 58.4 Å². The van der Waals surface area contributed by atoms with Gasteiger partial charge in [-0.1, -0.05) is 11.6 Å². The number of nitrogens with zero attached hydrogens (tertiary/aromatic N) is 1. The Morgan fingerprint density at radius 2 is 1.78 bits per heavy atom. The van der Waals surface area contributed by atoms with Crippen LogP contribution >= 0.6 is 0 Å². The van der Waals surface area contributed by atoms with E-state index in [9.17, 15) is 0 Å². The second-order valence-corrected chi connectivity index (χ2v) is 2.95. The maximum Gasteiger partial charge on any atom is 0.0246 e. The SMILES string of the molecule is CC(C)=CC(C)N(C)C. The van der Waals surface area contributed by atoms with E-state index in [0.29, 0.717) is 6.04 Å². The maximum atomic E-state index is 2.25. The average Bonchev–Trinajstić information content (AvgIpc) is 1.63. The molecule has 0 radical (unpaired) electrons. The van der Waals surface area contributed by atoms with Crippen molar-refractivity contribution in [2.24, 2.45) is 0 Å². The van der Waals surface area contributed by atoms with E-state index in [0.717, 1.165) is 0 Å². The van der Waals surface area contributed by atoms with E-state index in [1.165, 1.54) is 5.57 Å². The summed E-state index contributed by atoms with van der Waals surface area (Å²) in [5.74, 6) is 0. The van der Waals surface area contributed by atoms with Crippen LogP contribution in [0.1, 0.15) is 20.8 Å². The molecule has 1 unspecified atom stereocenters. The zero-order valence-corrected chi connectivity index (χ0v) is 7.10. The fourth-order valence-electron chi connectivity index (χ4n) is 0.631. The lowest BCUT2D eigenvalue weighted by Crippen LogP contribution is -2.22. The molecule has 0 aromatic carbocycles. The van der Waals surface area contributed by atoms with Crippen LogP contribution in [-0.2, 0) is 0 Å². The molecule has 1 nitrogen and oxygen atoms in total. The first kappa shape index (κ1) is 8.70. The van der Waals surface area contributed by atoms with Crippen LogP contribution in [0.3, 0.4) is 0 Å². The van der Waals surface area contributed by atoms with Crippen molar-refractivity contribution >= 4 is 0 Å². The van der Waals surface area contributed by atoms with Crippen LogP contribution in [0.5, 0.6) is 0 Å². The van der Waals surface area contributed by atoms with E-state index >= 15 is 0 Å². The Morgan fingerprint density at radius 1 is 1.33 bits per heavy atom. The molecule has 0 aliphatic carbocycles. The first-order chi connectivity index (χ1) is 4.04. The predicted molar refractivity (Wildman–Crippen MR) is 42.6 cm³/mol. The summed E-state index contributed by atoms with van der Waals surface area (Å²) in [6.45, 7) is 6.44. The van der Waals surface area contributed by atoms with Crippen molar-refractivity contribution in [1.29, 1.82) is 0 Å². The lowest BCUT2D eigenvalue weighted by atomic mass is 10.2. The van der Waals surface area contributed by atoms with Gasteiger partial charge in [-0.05, 0) is 34.9 Å². The highest BCUT2D eigenvalue weighted by molar-refractivity contribution is 4.99.